The summed E-state index contributed by atoms with van der Waals surface area (Å²) in [5.74, 6) is 1.41. The molecule has 5 heteroatoms. The van der Waals surface area contributed by atoms with Crippen LogP contribution < -0.4 is 5.32 Å². The summed E-state index contributed by atoms with van der Waals surface area (Å²) < 4.78 is 18.1. The highest BCUT2D eigenvalue weighted by Gasteiger charge is 2.19. The number of ether oxygens (including phenoxy) is 1. The van der Waals surface area contributed by atoms with E-state index in [-0.39, 0.29) is 5.56 Å². The van der Waals surface area contributed by atoms with E-state index < -0.39 is 11.8 Å². The van der Waals surface area contributed by atoms with Gasteiger partial charge in [0.25, 0.3) is 0 Å². The minimum absolute atomic E-state index is 0.0488. The Labute approximate surface area is 124 Å². The average Bonchev–Trinajstić information content (AvgIpc) is 2.50. The molecule has 112 valence electrons. The van der Waals surface area contributed by atoms with E-state index in [1.807, 2.05) is 0 Å². The number of carbonyl (C=O) groups excluding carboxylic acids is 1. The maximum atomic E-state index is 13.6. The van der Waals surface area contributed by atoms with E-state index in [0.717, 1.165) is 31.6 Å². The molecule has 0 unspecified atom stereocenters. The van der Waals surface area contributed by atoms with Crippen LogP contribution in [-0.2, 0) is 4.74 Å². The molecule has 1 fully saturated rings. The molecule has 0 aromatic heterocycles. The average molecular weight is 290 g/mol. The van der Waals surface area contributed by atoms with E-state index in [1.54, 1.807) is 6.07 Å². The molecule has 21 heavy (non-hydrogen) atoms. The van der Waals surface area contributed by atoms with Crippen LogP contribution in [0.5, 0.6) is 0 Å². The van der Waals surface area contributed by atoms with Gasteiger partial charge in [-0.15, -0.1) is 6.42 Å². The Bertz CT molecular complexity index is 546. The maximum Gasteiger partial charge on any atom is 0.340 e. The number of nitrogens with zero attached hydrogens (tertiary/aromatic N) is 1. The molecule has 0 spiro atoms. The summed E-state index contributed by atoms with van der Waals surface area (Å²) in [6.07, 6.45) is 7.23. The molecule has 0 amide bonds. The Morgan fingerprint density at radius 1 is 1.52 bits per heavy atom. The van der Waals surface area contributed by atoms with Gasteiger partial charge in [-0.2, -0.15) is 0 Å². The number of carbonyl (C=O) groups is 1. The standard InChI is InChI=1S/C16H19FN2O2/c1-3-8-19-9-6-12(7-10-19)18-13-4-5-15(17)14(11-13)16(20)21-2/h1,4-5,11-12,18H,6-10H2,2H3. The third-order valence-electron chi connectivity index (χ3n) is 3.64. The topological polar surface area (TPSA) is 41.6 Å². The Kier molecular flexibility index (Phi) is 5.18. The number of methoxy groups -OCH3 is 1. The summed E-state index contributed by atoms with van der Waals surface area (Å²) in [6, 6.07) is 4.71. The second-order valence-electron chi connectivity index (χ2n) is 5.09. The van der Waals surface area contributed by atoms with Crippen molar-refractivity contribution in [2.24, 2.45) is 0 Å². The zero-order valence-electron chi connectivity index (χ0n) is 12.1. The molecule has 1 heterocycles. The summed E-state index contributed by atoms with van der Waals surface area (Å²) in [5.41, 5.74) is 0.680. The summed E-state index contributed by atoms with van der Waals surface area (Å²) in [4.78, 5) is 13.7. The molecule has 0 saturated carbocycles. The van der Waals surface area contributed by atoms with Crippen molar-refractivity contribution in [2.75, 3.05) is 32.1 Å². The van der Waals surface area contributed by atoms with Gasteiger partial charge in [-0.1, -0.05) is 5.92 Å². The van der Waals surface area contributed by atoms with E-state index in [1.165, 1.54) is 19.2 Å². The van der Waals surface area contributed by atoms with Crippen molar-refractivity contribution in [1.29, 1.82) is 0 Å². The Morgan fingerprint density at radius 3 is 2.86 bits per heavy atom. The van der Waals surface area contributed by atoms with Gasteiger partial charge in [0.2, 0.25) is 0 Å². The van der Waals surface area contributed by atoms with Crippen molar-refractivity contribution in [3.63, 3.8) is 0 Å². The monoisotopic (exact) mass is 290 g/mol. The summed E-state index contributed by atoms with van der Waals surface area (Å²) in [7, 11) is 1.24. The van der Waals surface area contributed by atoms with Gasteiger partial charge in [0.1, 0.15) is 5.82 Å². The lowest BCUT2D eigenvalue weighted by Crippen LogP contribution is -2.39. The highest BCUT2D eigenvalue weighted by Crippen LogP contribution is 2.20. The first-order chi connectivity index (χ1) is 10.1. The van der Waals surface area contributed by atoms with E-state index in [9.17, 15) is 9.18 Å². The summed E-state index contributed by atoms with van der Waals surface area (Å²) in [5, 5.41) is 3.34. The third-order valence-corrected chi connectivity index (χ3v) is 3.64. The number of rotatable bonds is 4. The van der Waals surface area contributed by atoms with Gasteiger partial charge in [-0.3, -0.25) is 4.90 Å². The number of hydrogen-bond donors (Lipinski definition) is 1. The number of halogens is 1. The highest BCUT2D eigenvalue weighted by molar-refractivity contribution is 5.90. The van der Waals surface area contributed by atoms with Crippen LogP contribution in [0.4, 0.5) is 10.1 Å². The Hall–Kier alpha value is -2.06. The van der Waals surface area contributed by atoms with Crippen LogP contribution in [0.15, 0.2) is 18.2 Å². The molecule has 0 atom stereocenters. The molecule has 1 aliphatic rings. The Balaban J connectivity index is 1.98. The number of nitrogens with one attached hydrogen (secondary N) is 1. The second kappa shape index (κ2) is 7.09. The minimum Gasteiger partial charge on any atom is -0.465 e. The van der Waals surface area contributed by atoms with Gasteiger partial charge in [0.15, 0.2) is 0 Å². The van der Waals surface area contributed by atoms with Crippen LogP contribution in [0.3, 0.4) is 0 Å². The number of piperidine rings is 1. The van der Waals surface area contributed by atoms with Crippen molar-refractivity contribution in [3.05, 3.63) is 29.6 Å². The zero-order valence-corrected chi connectivity index (χ0v) is 12.1. The van der Waals surface area contributed by atoms with E-state index >= 15 is 0 Å². The minimum atomic E-state index is -0.667. The molecule has 4 nitrogen and oxygen atoms in total. The number of hydrogen-bond acceptors (Lipinski definition) is 4. The Morgan fingerprint density at radius 2 is 2.24 bits per heavy atom. The maximum absolute atomic E-state index is 13.6. The lowest BCUT2D eigenvalue weighted by atomic mass is 10.0. The molecule has 1 N–H and O–H groups in total. The number of benzene rings is 1. The fourth-order valence-electron chi connectivity index (χ4n) is 2.48. The lowest BCUT2D eigenvalue weighted by molar-refractivity contribution is 0.0595. The van der Waals surface area contributed by atoms with Gasteiger partial charge in [-0.05, 0) is 31.0 Å². The van der Waals surface area contributed by atoms with Gasteiger partial charge in [0.05, 0.1) is 19.2 Å². The van der Waals surface area contributed by atoms with E-state index in [0.29, 0.717) is 12.6 Å². The van der Waals surface area contributed by atoms with Crippen molar-refractivity contribution < 1.29 is 13.9 Å². The van der Waals surface area contributed by atoms with E-state index in [4.69, 9.17) is 6.42 Å². The number of anilines is 1. The van der Waals surface area contributed by atoms with Crippen molar-refractivity contribution >= 4 is 11.7 Å². The molecule has 0 radical (unpaired) electrons. The van der Waals surface area contributed by atoms with Gasteiger partial charge >= 0.3 is 5.97 Å². The largest absolute Gasteiger partial charge is 0.465 e. The zero-order chi connectivity index (χ0) is 15.2. The summed E-state index contributed by atoms with van der Waals surface area (Å²) in [6.45, 7) is 2.55. The van der Waals surface area contributed by atoms with Gasteiger partial charge in [-0.25, -0.2) is 9.18 Å². The molecular weight excluding hydrogens is 271 g/mol. The van der Waals surface area contributed by atoms with Gasteiger partial charge in [0, 0.05) is 24.8 Å². The fraction of sp³-hybridized carbons (Fsp3) is 0.438. The first-order valence-corrected chi connectivity index (χ1v) is 6.94. The molecule has 0 bridgehead atoms. The van der Waals surface area contributed by atoms with Crippen LogP contribution in [0.2, 0.25) is 0 Å². The van der Waals surface area contributed by atoms with Crippen LogP contribution in [0, 0.1) is 18.2 Å². The molecule has 2 rings (SSSR count). The smallest absolute Gasteiger partial charge is 0.340 e. The van der Waals surface area contributed by atoms with Crippen LogP contribution in [0.25, 0.3) is 0 Å². The van der Waals surface area contributed by atoms with Crippen molar-refractivity contribution in [3.8, 4) is 12.3 Å². The molecule has 0 aliphatic carbocycles. The van der Waals surface area contributed by atoms with Crippen LogP contribution in [0.1, 0.15) is 23.2 Å². The molecular formula is C16H19FN2O2. The first kappa shape index (κ1) is 15.3. The summed E-state index contributed by atoms with van der Waals surface area (Å²) >= 11 is 0. The highest BCUT2D eigenvalue weighted by atomic mass is 19.1. The number of esters is 1. The predicted octanol–water partition coefficient (Wildman–Crippen LogP) is 2.12. The quantitative estimate of drug-likeness (QED) is 0.681. The molecule has 1 saturated heterocycles. The first-order valence-electron chi connectivity index (χ1n) is 6.94. The predicted molar refractivity (Wildman–Crippen MR) is 79.7 cm³/mol. The SMILES string of the molecule is C#CCN1CCC(Nc2ccc(F)c(C(=O)OC)c2)CC1. The normalized spacial score (nSPS) is 16.2. The van der Waals surface area contributed by atoms with Crippen LogP contribution >= 0.6 is 0 Å². The molecule has 1 aromatic carbocycles. The van der Waals surface area contributed by atoms with Crippen LogP contribution in [-0.4, -0.2) is 43.7 Å². The lowest BCUT2D eigenvalue weighted by Gasteiger charge is -2.31. The van der Waals surface area contributed by atoms with Crippen molar-refractivity contribution in [2.45, 2.75) is 18.9 Å². The number of likely N-dealkylation sites (tertiary alicyclic amines) is 1. The fourth-order valence-corrected chi connectivity index (χ4v) is 2.48. The molecule has 1 aliphatic heterocycles. The van der Waals surface area contributed by atoms with Crippen molar-refractivity contribution in [1.82, 2.24) is 4.90 Å². The second-order valence-corrected chi connectivity index (χ2v) is 5.09. The number of terminal acetylenes is 1. The van der Waals surface area contributed by atoms with Gasteiger partial charge < -0.3 is 10.1 Å². The molecule has 1 aromatic rings. The van der Waals surface area contributed by atoms with E-state index in [2.05, 4.69) is 20.9 Å². The third kappa shape index (κ3) is 3.96.